The van der Waals surface area contributed by atoms with Crippen molar-refractivity contribution in [3.05, 3.63) is 4.91 Å². The Morgan fingerprint density at radius 2 is 2.21 bits per heavy atom. The summed E-state index contributed by atoms with van der Waals surface area (Å²) in [5.41, 5.74) is 0. The van der Waals surface area contributed by atoms with Gasteiger partial charge in [0.2, 0.25) is 0 Å². The lowest BCUT2D eigenvalue weighted by Gasteiger charge is -2.06. The van der Waals surface area contributed by atoms with Crippen molar-refractivity contribution in [2.75, 3.05) is 26.4 Å². The lowest BCUT2D eigenvalue weighted by atomic mass is 10.4. The highest BCUT2D eigenvalue weighted by atomic mass is 32.7. The minimum atomic E-state index is -1.68. The zero-order chi connectivity index (χ0) is 10.8. The summed E-state index contributed by atoms with van der Waals surface area (Å²) < 4.78 is 9.66. The van der Waals surface area contributed by atoms with Gasteiger partial charge in [0.15, 0.2) is 0 Å². The molecule has 0 radical (unpaired) electrons. The standard InChI is InChI=1S/C5H11N2O5PS/c8-1-2-11-3-5(6-9)4-12-13(14)7-10/h5,8,10H,1-4H2. The molecule has 2 N–H and O–H groups in total. The lowest BCUT2D eigenvalue weighted by molar-refractivity contribution is 0.0753. The fourth-order valence-electron chi connectivity index (χ4n) is 0.569. The maximum absolute atomic E-state index is 10.2. The molecule has 0 amide bonds. The number of nitroso groups, excluding NO2 is 1. The van der Waals surface area contributed by atoms with Crippen LogP contribution < -0.4 is 0 Å². The molecule has 0 fully saturated rings. The molecule has 7 nitrogen and oxygen atoms in total. The van der Waals surface area contributed by atoms with Gasteiger partial charge in [0.25, 0.3) is 7.14 Å². The van der Waals surface area contributed by atoms with Crippen LogP contribution in [0.15, 0.2) is 10.1 Å². The SMILES string of the molecule is O=NC(COCCO)CO[P+]([S-])=NO. The van der Waals surface area contributed by atoms with Crippen molar-refractivity contribution >= 4 is 19.4 Å². The molecule has 82 valence electrons. The molecule has 0 aliphatic carbocycles. The Labute approximate surface area is 87.1 Å². The van der Waals surface area contributed by atoms with Crippen LogP contribution in [-0.2, 0) is 21.5 Å². The van der Waals surface area contributed by atoms with Crippen molar-refractivity contribution in [2.24, 2.45) is 10.1 Å². The molecule has 9 heteroatoms. The molecule has 0 heterocycles. The van der Waals surface area contributed by atoms with Crippen LogP contribution >= 0.6 is 7.14 Å². The maximum Gasteiger partial charge on any atom is 0.263 e. The Kier molecular flexibility index (Phi) is 9.37. The molecule has 0 spiro atoms. The van der Waals surface area contributed by atoms with E-state index in [-0.39, 0.29) is 26.4 Å². The number of rotatable bonds is 8. The third-order valence-electron chi connectivity index (χ3n) is 1.15. The van der Waals surface area contributed by atoms with Crippen LogP contribution in [0.5, 0.6) is 0 Å². The third-order valence-corrected chi connectivity index (χ3v) is 2.20. The molecule has 0 aromatic carbocycles. The topological polar surface area (TPSA) is 101 Å². The molecule has 0 saturated heterocycles. The summed E-state index contributed by atoms with van der Waals surface area (Å²) in [6.45, 7) is 0.0212. The Bertz CT molecular complexity index is 193. The summed E-state index contributed by atoms with van der Waals surface area (Å²) in [6.07, 6.45) is 0. The van der Waals surface area contributed by atoms with E-state index >= 15 is 0 Å². The van der Waals surface area contributed by atoms with Gasteiger partial charge in [-0.25, -0.2) is 5.21 Å². The number of hydrogen-bond acceptors (Lipinski definition) is 7. The molecule has 14 heavy (non-hydrogen) atoms. The van der Waals surface area contributed by atoms with E-state index in [4.69, 9.17) is 19.6 Å². The van der Waals surface area contributed by atoms with Gasteiger partial charge in [-0.3, -0.25) is 0 Å². The molecule has 0 bridgehead atoms. The van der Waals surface area contributed by atoms with Gasteiger partial charge in [0.1, 0.15) is 12.6 Å². The third kappa shape index (κ3) is 7.31. The van der Waals surface area contributed by atoms with Gasteiger partial charge in [-0.2, -0.15) is 9.43 Å². The van der Waals surface area contributed by atoms with E-state index < -0.39 is 13.2 Å². The summed E-state index contributed by atoms with van der Waals surface area (Å²) in [6, 6.07) is -0.698. The zero-order valence-corrected chi connectivity index (χ0v) is 8.99. The smallest absolute Gasteiger partial charge is 0.263 e. The summed E-state index contributed by atoms with van der Waals surface area (Å²) in [5.74, 6) is 0. The van der Waals surface area contributed by atoms with Crippen LogP contribution in [0.1, 0.15) is 0 Å². The minimum absolute atomic E-state index is 0.0474. The highest BCUT2D eigenvalue weighted by molar-refractivity contribution is 8.26. The van der Waals surface area contributed by atoms with Crippen LogP contribution in [-0.4, -0.2) is 42.8 Å². The Morgan fingerprint density at radius 3 is 2.71 bits per heavy atom. The van der Waals surface area contributed by atoms with Crippen LogP contribution in [0.25, 0.3) is 0 Å². The normalized spacial score (nSPS) is 14.1. The van der Waals surface area contributed by atoms with Crippen LogP contribution in [0.3, 0.4) is 0 Å². The second kappa shape index (κ2) is 9.45. The summed E-state index contributed by atoms with van der Waals surface area (Å²) in [4.78, 5) is 12.9. The van der Waals surface area contributed by atoms with Gasteiger partial charge in [0, 0.05) is 0 Å². The molecule has 0 saturated carbocycles. The molecule has 0 aliphatic rings. The molecule has 2 atom stereocenters. The van der Waals surface area contributed by atoms with Crippen molar-refractivity contribution in [1.82, 2.24) is 0 Å². The highest BCUT2D eigenvalue weighted by Crippen LogP contribution is 2.22. The zero-order valence-electron chi connectivity index (χ0n) is 7.27. The molecular weight excluding hydrogens is 231 g/mol. The van der Waals surface area contributed by atoms with Gasteiger partial charge in [0.05, 0.1) is 24.7 Å². The van der Waals surface area contributed by atoms with Crippen molar-refractivity contribution in [2.45, 2.75) is 6.04 Å². The molecular formula is C5H11N2O5PS. The van der Waals surface area contributed by atoms with Gasteiger partial charge in [-0.15, -0.1) is 0 Å². The second-order valence-electron chi connectivity index (χ2n) is 2.18. The first-order chi connectivity index (χ1) is 6.74. The molecule has 0 aliphatic heterocycles. The fraction of sp³-hybridized carbons (Fsp3) is 1.00. The average Bonchev–Trinajstić information content (AvgIpc) is 2.22. The number of aliphatic hydroxyl groups is 1. The minimum Gasteiger partial charge on any atom is -0.428 e. The van der Waals surface area contributed by atoms with Gasteiger partial charge in [-0.05, 0) is 0 Å². The largest absolute Gasteiger partial charge is 0.428 e. The van der Waals surface area contributed by atoms with Crippen LogP contribution in [0.4, 0.5) is 0 Å². The predicted molar refractivity (Wildman–Crippen MR) is 51.9 cm³/mol. The van der Waals surface area contributed by atoms with E-state index in [0.29, 0.717) is 0 Å². The van der Waals surface area contributed by atoms with E-state index in [9.17, 15) is 4.91 Å². The molecule has 0 rings (SSSR count). The van der Waals surface area contributed by atoms with Crippen LogP contribution in [0, 0.1) is 4.91 Å². The fourth-order valence-corrected chi connectivity index (χ4v) is 1.10. The van der Waals surface area contributed by atoms with Crippen molar-refractivity contribution in [1.29, 1.82) is 0 Å². The van der Waals surface area contributed by atoms with Gasteiger partial charge in [-0.1, -0.05) is 5.18 Å². The van der Waals surface area contributed by atoms with E-state index in [1.54, 1.807) is 0 Å². The van der Waals surface area contributed by atoms with E-state index in [2.05, 4.69) is 22.3 Å². The number of ether oxygens (including phenoxy) is 1. The summed E-state index contributed by atoms with van der Waals surface area (Å²) in [5, 5.41) is 19.3. The second-order valence-corrected chi connectivity index (χ2v) is 4.03. The van der Waals surface area contributed by atoms with E-state index in [0.717, 1.165) is 0 Å². The quantitative estimate of drug-likeness (QED) is 0.212. The number of nitrogens with zero attached hydrogens (tertiary/aromatic N) is 2. The van der Waals surface area contributed by atoms with Crippen molar-refractivity contribution in [3.8, 4) is 0 Å². The van der Waals surface area contributed by atoms with Gasteiger partial charge >= 0.3 is 0 Å². The first-order valence-electron chi connectivity index (χ1n) is 3.70. The first kappa shape index (κ1) is 13.9. The lowest BCUT2D eigenvalue weighted by Crippen LogP contribution is -2.19. The molecule has 0 aromatic heterocycles. The van der Waals surface area contributed by atoms with Crippen molar-refractivity contribution in [3.63, 3.8) is 0 Å². The first-order valence-corrected chi connectivity index (χ1v) is 5.93. The highest BCUT2D eigenvalue weighted by Gasteiger charge is 2.12. The maximum atomic E-state index is 10.2. The van der Waals surface area contributed by atoms with E-state index in [1.807, 2.05) is 0 Å². The Hall–Kier alpha value is -0.110. The number of hydrogen-bond donors (Lipinski definition) is 2. The summed E-state index contributed by atoms with van der Waals surface area (Å²) in [7, 11) is -1.68. The number of aliphatic hydroxyl groups excluding tert-OH is 1. The summed E-state index contributed by atoms with van der Waals surface area (Å²) >= 11 is 4.54. The molecule has 2 unspecified atom stereocenters. The van der Waals surface area contributed by atoms with E-state index in [1.165, 1.54) is 0 Å². The van der Waals surface area contributed by atoms with Crippen molar-refractivity contribution < 1.29 is 19.6 Å². The molecule has 0 aromatic rings. The van der Waals surface area contributed by atoms with Crippen LogP contribution in [0.2, 0.25) is 0 Å². The monoisotopic (exact) mass is 242 g/mol. The predicted octanol–water partition coefficient (Wildman–Crippen LogP) is 0.579. The average molecular weight is 242 g/mol. The van der Waals surface area contributed by atoms with Gasteiger partial charge < -0.3 is 22.1 Å². The Balaban J connectivity index is 3.63. The Morgan fingerprint density at radius 1 is 1.50 bits per heavy atom.